The van der Waals surface area contributed by atoms with Crippen molar-refractivity contribution in [3.8, 4) is 0 Å². The zero-order chi connectivity index (χ0) is 15.6. The molecule has 120 valence electrons. The van der Waals surface area contributed by atoms with Crippen molar-refractivity contribution < 1.29 is 0 Å². The van der Waals surface area contributed by atoms with Crippen LogP contribution < -0.4 is 5.32 Å². The van der Waals surface area contributed by atoms with E-state index in [9.17, 15) is 0 Å². The van der Waals surface area contributed by atoms with E-state index in [0.717, 1.165) is 38.5 Å². The number of hydrogen-bond donors (Lipinski definition) is 1. The molecule has 1 aliphatic heterocycles. The Morgan fingerprint density at radius 1 is 1.24 bits per heavy atom. The molecule has 0 spiro atoms. The van der Waals surface area contributed by atoms with Crippen LogP contribution in [0.15, 0.2) is 6.20 Å². The van der Waals surface area contributed by atoms with Gasteiger partial charge in [-0.05, 0) is 34.7 Å². The van der Waals surface area contributed by atoms with Crippen molar-refractivity contribution in [3.63, 3.8) is 0 Å². The zero-order valence-corrected chi connectivity index (χ0v) is 14.5. The zero-order valence-electron chi connectivity index (χ0n) is 14.5. The van der Waals surface area contributed by atoms with Gasteiger partial charge in [-0.2, -0.15) is 0 Å². The number of nitrogens with one attached hydrogen (secondary N) is 1. The lowest BCUT2D eigenvalue weighted by Gasteiger charge is -2.44. The second-order valence-corrected chi connectivity index (χ2v) is 7.09. The van der Waals surface area contributed by atoms with Gasteiger partial charge < -0.3 is 9.88 Å². The van der Waals surface area contributed by atoms with Crippen molar-refractivity contribution in [1.29, 1.82) is 0 Å². The standard InChI is InChI=1S/C16H31N5/c1-13-18-14(12-19(13)6)15(11-17-5)20-7-9-21(10-8-20)16(2,3)4/h12,15,17H,7-11H2,1-6H3. The maximum Gasteiger partial charge on any atom is 0.105 e. The third kappa shape index (κ3) is 3.84. The Bertz CT molecular complexity index is 432. The molecular formula is C16H31N5. The van der Waals surface area contributed by atoms with Crippen molar-refractivity contribution in [2.75, 3.05) is 39.8 Å². The molecule has 0 bridgehead atoms. The van der Waals surface area contributed by atoms with Crippen LogP contribution in [0.3, 0.4) is 0 Å². The van der Waals surface area contributed by atoms with Gasteiger partial charge in [0.05, 0.1) is 11.7 Å². The fourth-order valence-electron chi connectivity index (χ4n) is 3.07. The Balaban J connectivity index is 2.07. The average molecular weight is 293 g/mol. The Hall–Kier alpha value is -0.910. The summed E-state index contributed by atoms with van der Waals surface area (Å²) in [7, 11) is 4.09. The number of rotatable bonds is 4. The normalized spacial score (nSPS) is 19.9. The summed E-state index contributed by atoms with van der Waals surface area (Å²) in [4.78, 5) is 9.88. The molecule has 1 aromatic heterocycles. The monoisotopic (exact) mass is 293 g/mol. The van der Waals surface area contributed by atoms with E-state index in [4.69, 9.17) is 4.98 Å². The molecule has 0 saturated carbocycles. The van der Waals surface area contributed by atoms with Crippen LogP contribution >= 0.6 is 0 Å². The second-order valence-electron chi connectivity index (χ2n) is 7.09. The molecule has 1 aromatic rings. The highest BCUT2D eigenvalue weighted by atomic mass is 15.3. The predicted octanol–water partition coefficient (Wildman–Crippen LogP) is 1.41. The van der Waals surface area contributed by atoms with Crippen LogP contribution in [-0.4, -0.2) is 64.7 Å². The smallest absolute Gasteiger partial charge is 0.105 e. The van der Waals surface area contributed by atoms with E-state index in [0.29, 0.717) is 6.04 Å². The molecule has 5 nitrogen and oxygen atoms in total. The minimum atomic E-state index is 0.270. The Kier molecular flexibility index (Phi) is 5.07. The van der Waals surface area contributed by atoms with Crippen LogP contribution in [-0.2, 0) is 7.05 Å². The molecule has 1 N–H and O–H groups in total. The minimum Gasteiger partial charge on any atom is -0.338 e. The average Bonchev–Trinajstić information content (AvgIpc) is 2.75. The third-order valence-electron chi connectivity index (χ3n) is 4.57. The molecular weight excluding hydrogens is 262 g/mol. The van der Waals surface area contributed by atoms with Gasteiger partial charge in [0.2, 0.25) is 0 Å². The number of hydrogen-bond acceptors (Lipinski definition) is 4. The van der Waals surface area contributed by atoms with Gasteiger partial charge in [0, 0.05) is 51.5 Å². The van der Waals surface area contributed by atoms with E-state index in [1.807, 2.05) is 7.05 Å². The van der Waals surface area contributed by atoms with Gasteiger partial charge in [-0.3, -0.25) is 9.80 Å². The summed E-state index contributed by atoms with van der Waals surface area (Å²) in [6, 6.07) is 0.372. The van der Waals surface area contributed by atoms with Gasteiger partial charge >= 0.3 is 0 Å². The number of imidazole rings is 1. The summed E-state index contributed by atoms with van der Waals surface area (Å²) >= 11 is 0. The Morgan fingerprint density at radius 3 is 2.29 bits per heavy atom. The highest BCUT2D eigenvalue weighted by Gasteiger charge is 2.30. The summed E-state index contributed by atoms with van der Waals surface area (Å²) in [6.07, 6.45) is 2.17. The molecule has 1 atom stereocenters. The molecule has 1 aliphatic rings. The lowest BCUT2D eigenvalue weighted by molar-refractivity contribution is 0.0411. The van der Waals surface area contributed by atoms with E-state index in [1.165, 1.54) is 5.69 Å². The van der Waals surface area contributed by atoms with Crippen molar-refractivity contribution in [2.24, 2.45) is 7.05 Å². The molecule has 5 heteroatoms. The van der Waals surface area contributed by atoms with E-state index in [1.54, 1.807) is 0 Å². The number of likely N-dealkylation sites (N-methyl/N-ethyl adjacent to an activating group) is 1. The predicted molar refractivity (Wildman–Crippen MR) is 87.5 cm³/mol. The van der Waals surface area contributed by atoms with Crippen LogP contribution in [0, 0.1) is 6.92 Å². The highest BCUT2D eigenvalue weighted by molar-refractivity contribution is 5.09. The molecule has 0 radical (unpaired) electrons. The van der Waals surface area contributed by atoms with Crippen molar-refractivity contribution >= 4 is 0 Å². The summed E-state index contributed by atoms with van der Waals surface area (Å²) in [5.74, 6) is 1.08. The number of aryl methyl sites for hydroxylation is 2. The minimum absolute atomic E-state index is 0.270. The molecule has 0 amide bonds. The van der Waals surface area contributed by atoms with E-state index in [2.05, 4.69) is 60.6 Å². The van der Waals surface area contributed by atoms with Crippen LogP contribution in [0.1, 0.15) is 38.3 Å². The van der Waals surface area contributed by atoms with Crippen LogP contribution in [0.5, 0.6) is 0 Å². The van der Waals surface area contributed by atoms with Gasteiger partial charge in [0.25, 0.3) is 0 Å². The molecule has 1 saturated heterocycles. The lowest BCUT2D eigenvalue weighted by atomic mass is 10.0. The van der Waals surface area contributed by atoms with Gasteiger partial charge in [0.1, 0.15) is 5.82 Å². The molecule has 1 unspecified atom stereocenters. The van der Waals surface area contributed by atoms with Crippen molar-refractivity contribution in [1.82, 2.24) is 24.7 Å². The quantitative estimate of drug-likeness (QED) is 0.910. The number of nitrogens with zero attached hydrogens (tertiary/aromatic N) is 4. The van der Waals surface area contributed by atoms with Gasteiger partial charge in [-0.1, -0.05) is 0 Å². The largest absolute Gasteiger partial charge is 0.338 e. The SMILES string of the molecule is CNCC(c1cn(C)c(C)n1)N1CCN(C(C)(C)C)CC1. The third-order valence-corrected chi connectivity index (χ3v) is 4.57. The fourth-order valence-corrected chi connectivity index (χ4v) is 3.07. The first kappa shape index (κ1) is 16.5. The van der Waals surface area contributed by atoms with Gasteiger partial charge in [-0.15, -0.1) is 0 Å². The topological polar surface area (TPSA) is 36.3 Å². The molecule has 0 aliphatic carbocycles. The second kappa shape index (κ2) is 6.46. The first-order valence-electron chi connectivity index (χ1n) is 7.96. The lowest BCUT2D eigenvalue weighted by Crippen LogP contribution is -2.54. The Morgan fingerprint density at radius 2 is 1.86 bits per heavy atom. The maximum absolute atomic E-state index is 4.74. The number of piperazine rings is 1. The van der Waals surface area contributed by atoms with E-state index in [-0.39, 0.29) is 5.54 Å². The molecule has 1 fully saturated rings. The summed E-state index contributed by atoms with van der Waals surface area (Å²) < 4.78 is 2.11. The first-order valence-corrected chi connectivity index (χ1v) is 7.96. The highest BCUT2D eigenvalue weighted by Crippen LogP contribution is 2.23. The fraction of sp³-hybridized carbons (Fsp3) is 0.812. The van der Waals surface area contributed by atoms with Gasteiger partial charge in [0.15, 0.2) is 0 Å². The molecule has 2 rings (SSSR count). The van der Waals surface area contributed by atoms with Crippen LogP contribution in [0.2, 0.25) is 0 Å². The summed E-state index contributed by atoms with van der Waals surface area (Å²) in [5.41, 5.74) is 1.46. The van der Waals surface area contributed by atoms with E-state index >= 15 is 0 Å². The molecule has 2 heterocycles. The van der Waals surface area contributed by atoms with E-state index < -0.39 is 0 Å². The first-order chi connectivity index (χ1) is 9.82. The number of aromatic nitrogens is 2. The van der Waals surface area contributed by atoms with Gasteiger partial charge in [-0.25, -0.2) is 4.98 Å². The molecule has 0 aromatic carbocycles. The molecule has 21 heavy (non-hydrogen) atoms. The summed E-state index contributed by atoms with van der Waals surface area (Å²) in [5, 5.41) is 3.33. The maximum atomic E-state index is 4.74. The summed E-state index contributed by atoms with van der Waals surface area (Å²) in [6.45, 7) is 14.4. The Labute approximate surface area is 129 Å². The van der Waals surface area contributed by atoms with Crippen molar-refractivity contribution in [3.05, 3.63) is 17.7 Å². The van der Waals surface area contributed by atoms with Crippen LogP contribution in [0.25, 0.3) is 0 Å². The van der Waals surface area contributed by atoms with Crippen LogP contribution in [0.4, 0.5) is 0 Å². The van der Waals surface area contributed by atoms with Crippen molar-refractivity contribution in [2.45, 2.75) is 39.3 Å².